The molecule has 0 radical (unpaired) electrons. The van der Waals surface area contributed by atoms with E-state index in [-0.39, 0.29) is 23.7 Å². The van der Waals surface area contributed by atoms with Gasteiger partial charge in [0.1, 0.15) is 16.0 Å². The van der Waals surface area contributed by atoms with Crippen LogP contribution in [0.4, 0.5) is 0 Å². The van der Waals surface area contributed by atoms with E-state index in [1.807, 2.05) is 6.92 Å². The third-order valence-electron chi connectivity index (χ3n) is 2.70. The molecule has 1 aliphatic rings. The van der Waals surface area contributed by atoms with Gasteiger partial charge in [0, 0.05) is 7.11 Å². The molecule has 1 aromatic heterocycles. The van der Waals surface area contributed by atoms with Gasteiger partial charge in [0.05, 0.1) is 18.4 Å². The maximum absolute atomic E-state index is 11.1. The first kappa shape index (κ1) is 12.5. The Hall–Kier alpha value is -0.980. The predicted octanol–water partition coefficient (Wildman–Crippen LogP) is 2.23. The van der Waals surface area contributed by atoms with Crippen LogP contribution < -0.4 is 0 Å². The minimum absolute atomic E-state index is 0.0568. The van der Waals surface area contributed by atoms with Gasteiger partial charge in [-0.25, -0.2) is 9.78 Å². The zero-order valence-electron chi connectivity index (χ0n) is 9.80. The average Bonchev–Trinajstić information content (AvgIpc) is 2.85. The van der Waals surface area contributed by atoms with Crippen molar-refractivity contribution in [2.75, 3.05) is 7.11 Å². The molecule has 1 aromatic rings. The highest BCUT2D eigenvalue weighted by Gasteiger charge is 2.28. The molecule has 1 aliphatic heterocycles. The van der Waals surface area contributed by atoms with Gasteiger partial charge in [0.15, 0.2) is 0 Å². The van der Waals surface area contributed by atoms with E-state index < -0.39 is 5.97 Å². The SMILES string of the molecule is COCc1nc(C2CCC(C)O2)sc1C(=O)O. The van der Waals surface area contributed by atoms with Crippen LogP contribution in [0.2, 0.25) is 0 Å². The van der Waals surface area contributed by atoms with Crippen LogP contribution in [0.5, 0.6) is 0 Å². The largest absolute Gasteiger partial charge is 0.477 e. The van der Waals surface area contributed by atoms with Crippen molar-refractivity contribution >= 4 is 17.3 Å². The Morgan fingerprint density at radius 3 is 2.94 bits per heavy atom. The minimum Gasteiger partial charge on any atom is -0.477 e. The van der Waals surface area contributed by atoms with Gasteiger partial charge >= 0.3 is 5.97 Å². The molecule has 0 amide bonds. The number of carboxylic acids is 1. The molecule has 0 spiro atoms. The van der Waals surface area contributed by atoms with Crippen molar-refractivity contribution in [3.05, 3.63) is 15.6 Å². The fourth-order valence-corrected chi connectivity index (χ4v) is 2.87. The summed E-state index contributed by atoms with van der Waals surface area (Å²) in [7, 11) is 1.53. The first-order valence-electron chi connectivity index (χ1n) is 5.49. The maximum atomic E-state index is 11.1. The number of hydrogen-bond donors (Lipinski definition) is 1. The van der Waals surface area contributed by atoms with E-state index in [9.17, 15) is 4.79 Å². The summed E-state index contributed by atoms with van der Waals surface area (Å²) in [4.78, 5) is 15.6. The normalized spacial score (nSPS) is 24.1. The highest BCUT2D eigenvalue weighted by Crippen LogP contribution is 2.35. The van der Waals surface area contributed by atoms with E-state index in [4.69, 9.17) is 14.6 Å². The predicted molar refractivity (Wildman–Crippen MR) is 62.3 cm³/mol. The summed E-state index contributed by atoms with van der Waals surface area (Å²) in [5.41, 5.74) is 0.489. The van der Waals surface area contributed by atoms with Crippen LogP contribution in [0.15, 0.2) is 0 Å². The van der Waals surface area contributed by atoms with Crippen molar-refractivity contribution in [2.24, 2.45) is 0 Å². The van der Waals surface area contributed by atoms with Crippen LogP contribution in [0.25, 0.3) is 0 Å². The quantitative estimate of drug-likeness (QED) is 0.895. The Balaban J connectivity index is 2.23. The van der Waals surface area contributed by atoms with Crippen molar-refractivity contribution in [3.8, 4) is 0 Å². The number of aromatic nitrogens is 1. The Labute approximate surface area is 103 Å². The van der Waals surface area contributed by atoms with Gasteiger partial charge in [-0.15, -0.1) is 11.3 Å². The van der Waals surface area contributed by atoms with Gasteiger partial charge in [-0.1, -0.05) is 0 Å². The minimum atomic E-state index is -0.952. The molecule has 17 heavy (non-hydrogen) atoms. The summed E-state index contributed by atoms with van der Waals surface area (Å²) < 4.78 is 10.6. The van der Waals surface area contributed by atoms with Crippen LogP contribution in [-0.2, 0) is 16.1 Å². The molecule has 94 valence electrons. The summed E-state index contributed by atoms with van der Waals surface area (Å²) in [6.45, 7) is 2.24. The molecular weight excluding hydrogens is 242 g/mol. The third kappa shape index (κ3) is 2.65. The number of ether oxygens (including phenoxy) is 2. The van der Waals surface area contributed by atoms with Gasteiger partial charge in [-0.2, -0.15) is 0 Å². The Morgan fingerprint density at radius 1 is 1.65 bits per heavy atom. The fourth-order valence-electron chi connectivity index (χ4n) is 1.89. The molecule has 2 atom stereocenters. The number of hydrogen-bond acceptors (Lipinski definition) is 5. The van der Waals surface area contributed by atoms with Gasteiger partial charge in [-0.05, 0) is 19.8 Å². The molecule has 2 unspecified atom stereocenters. The number of thiazole rings is 1. The van der Waals surface area contributed by atoms with Crippen molar-refractivity contribution in [1.29, 1.82) is 0 Å². The van der Waals surface area contributed by atoms with E-state index in [1.54, 1.807) is 0 Å². The fraction of sp³-hybridized carbons (Fsp3) is 0.636. The lowest BCUT2D eigenvalue weighted by Crippen LogP contribution is -2.01. The molecule has 0 aliphatic carbocycles. The summed E-state index contributed by atoms with van der Waals surface area (Å²) in [6.07, 6.45) is 2.06. The van der Waals surface area contributed by atoms with E-state index >= 15 is 0 Å². The van der Waals surface area contributed by atoms with Gasteiger partial charge in [0.25, 0.3) is 0 Å². The van der Waals surface area contributed by atoms with Gasteiger partial charge in [-0.3, -0.25) is 0 Å². The lowest BCUT2D eigenvalue weighted by molar-refractivity contribution is 0.0551. The summed E-state index contributed by atoms with van der Waals surface area (Å²) in [6, 6.07) is 0. The molecule has 5 nitrogen and oxygen atoms in total. The second kappa shape index (κ2) is 5.12. The topological polar surface area (TPSA) is 68.7 Å². The van der Waals surface area contributed by atoms with Crippen LogP contribution in [0.3, 0.4) is 0 Å². The zero-order chi connectivity index (χ0) is 12.4. The second-order valence-electron chi connectivity index (χ2n) is 4.08. The van der Waals surface area contributed by atoms with Gasteiger partial charge in [0.2, 0.25) is 0 Å². The van der Waals surface area contributed by atoms with Gasteiger partial charge < -0.3 is 14.6 Å². The van der Waals surface area contributed by atoms with Crippen molar-refractivity contribution in [1.82, 2.24) is 4.98 Å². The number of methoxy groups -OCH3 is 1. The van der Waals surface area contributed by atoms with Crippen LogP contribution in [0.1, 0.15) is 46.2 Å². The standard InChI is InChI=1S/C11H15NO4S/c1-6-3-4-8(16-6)10-12-7(5-15-2)9(17-10)11(13)14/h6,8H,3-5H2,1-2H3,(H,13,14). The average molecular weight is 257 g/mol. The highest BCUT2D eigenvalue weighted by molar-refractivity contribution is 7.13. The first-order chi connectivity index (χ1) is 8.11. The maximum Gasteiger partial charge on any atom is 0.347 e. The first-order valence-corrected chi connectivity index (χ1v) is 6.30. The van der Waals surface area contributed by atoms with Crippen LogP contribution in [0, 0.1) is 0 Å². The van der Waals surface area contributed by atoms with E-state index in [2.05, 4.69) is 4.98 Å². The molecule has 1 saturated heterocycles. The molecule has 0 aromatic carbocycles. The van der Waals surface area contributed by atoms with E-state index in [1.165, 1.54) is 18.4 Å². The molecule has 1 fully saturated rings. The number of nitrogens with zero attached hydrogens (tertiary/aromatic N) is 1. The van der Waals surface area contributed by atoms with Crippen molar-refractivity contribution < 1.29 is 19.4 Å². The summed E-state index contributed by atoms with van der Waals surface area (Å²) in [5, 5.41) is 9.82. The Morgan fingerprint density at radius 2 is 2.41 bits per heavy atom. The molecular formula is C11H15NO4S. The summed E-state index contributed by atoms with van der Waals surface area (Å²) in [5.74, 6) is -0.952. The van der Waals surface area contributed by atoms with Crippen molar-refractivity contribution in [3.63, 3.8) is 0 Å². The molecule has 2 heterocycles. The Kier molecular flexibility index (Phi) is 3.76. The zero-order valence-corrected chi connectivity index (χ0v) is 10.6. The molecule has 2 rings (SSSR count). The van der Waals surface area contributed by atoms with Crippen LogP contribution in [-0.4, -0.2) is 29.3 Å². The molecule has 0 saturated carbocycles. The number of rotatable bonds is 4. The smallest absolute Gasteiger partial charge is 0.347 e. The Bertz CT molecular complexity index is 418. The highest BCUT2D eigenvalue weighted by atomic mass is 32.1. The molecule has 6 heteroatoms. The van der Waals surface area contributed by atoms with Crippen LogP contribution >= 0.6 is 11.3 Å². The number of carbonyl (C=O) groups is 1. The third-order valence-corrected chi connectivity index (χ3v) is 3.87. The van der Waals surface area contributed by atoms with Crippen molar-refractivity contribution in [2.45, 2.75) is 38.6 Å². The number of aromatic carboxylic acids is 1. The van der Waals surface area contributed by atoms with E-state index in [0.29, 0.717) is 5.69 Å². The molecule has 0 bridgehead atoms. The lowest BCUT2D eigenvalue weighted by Gasteiger charge is -2.06. The summed E-state index contributed by atoms with van der Waals surface area (Å²) >= 11 is 1.19. The monoisotopic (exact) mass is 257 g/mol. The molecule has 1 N–H and O–H groups in total. The lowest BCUT2D eigenvalue weighted by atomic mass is 10.2. The second-order valence-corrected chi connectivity index (χ2v) is 5.11. The van der Waals surface area contributed by atoms with E-state index in [0.717, 1.165) is 17.8 Å². The number of carboxylic acid groups (broad SMARTS) is 1.